The lowest BCUT2D eigenvalue weighted by Gasteiger charge is -2.14. The van der Waals surface area contributed by atoms with Crippen LogP contribution in [0.4, 0.5) is 16.2 Å². The van der Waals surface area contributed by atoms with E-state index in [4.69, 9.17) is 5.73 Å². The largest absolute Gasteiger partial charge is 0.399 e. The van der Waals surface area contributed by atoms with Crippen molar-refractivity contribution < 1.29 is 4.79 Å². The van der Waals surface area contributed by atoms with Crippen molar-refractivity contribution in [2.24, 2.45) is 0 Å². The van der Waals surface area contributed by atoms with E-state index in [0.29, 0.717) is 11.4 Å². The van der Waals surface area contributed by atoms with Gasteiger partial charge in [0.2, 0.25) is 0 Å². The zero-order valence-corrected chi connectivity index (χ0v) is 10.5. The summed E-state index contributed by atoms with van der Waals surface area (Å²) in [4.78, 5) is 11.6. The third-order valence-electron chi connectivity index (χ3n) is 2.51. The second kappa shape index (κ2) is 6.78. The van der Waals surface area contributed by atoms with Gasteiger partial charge >= 0.3 is 6.03 Å². The first-order valence-corrected chi connectivity index (χ1v) is 6.05. The third kappa shape index (κ3) is 5.24. The van der Waals surface area contributed by atoms with Crippen LogP contribution in [-0.2, 0) is 0 Å². The molecule has 94 valence electrons. The van der Waals surface area contributed by atoms with Gasteiger partial charge in [0.1, 0.15) is 0 Å². The van der Waals surface area contributed by atoms with E-state index in [1.807, 2.05) is 19.1 Å². The van der Waals surface area contributed by atoms with Crippen LogP contribution in [0.2, 0.25) is 0 Å². The number of carbonyl (C=O) groups excluding carboxylic acids is 1. The number of unbranched alkanes of at least 4 members (excludes halogenated alkanes) is 1. The summed E-state index contributed by atoms with van der Waals surface area (Å²) in [6, 6.07) is 7.15. The molecule has 0 aliphatic carbocycles. The van der Waals surface area contributed by atoms with Crippen LogP contribution in [0.25, 0.3) is 0 Å². The van der Waals surface area contributed by atoms with E-state index < -0.39 is 0 Å². The lowest BCUT2D eigenvalue weighted by atomic mass is 10.1. The minimum absolute atomic E-state index is 0.181. The van der Waals surface area contributed by atoms with Crippen molar-refractivity contribution in [1.82, 2.24) is 5.32 Å². The molecule has 1 atom stereocenters. The van der Waals surface area contributed by atoms with Gasteiger partial charge in [-0.1, -0.05) is 25.8 Å². The average Bonchev–Trinajstić information content (AvgIpc) is 2.26. The summed E-state index contributed by atoms with van der Waals surface area (Å²) >= 11 is 0. The van der Waals surface area contributed by atoms with Gasteiger partial charge in [0.05, 0.1) is 0 Å². The third-order valence-corrected chi connectivity index (χ3v) is 2.51. The van der Waals surface area contributed by atoms with Gasteiger partial charge in [-0.05, 0) is 31.5 Å². The molecule has 0 aliphatic heterocycles. The first-order valence-electron chi connectivity index (χ1n) is 6.05. The molecule has 4 N–H and O–H groups in total. The summed E-state index contributed by atoms with van der Waals surface area (Å²) in [6.45, 7) is 4.15. The normalized spacial score (nSPS) is 11.9. The number of anilines is 2. The molecule has 0 saturated heterocycles. The van der Waals surface area contributed by atoms with Crippen molar-refractivity contribution in [2.45, 2.75) is 39.2 Å². The highest BCUT2D eigenvalue weighted by Gasteiger charge is 2.06. The van der Waals surface area contributed by atoms with E-state index >= 15 is 0 Å². The Morgan fingerprint density at radius 3 is 2.88 bits per heavy atom. The molecule has 17 heavy (non-hydrogen) atoms. The molecule has 0 bridgehead atoms. The molecule has 2 amide bonds. The number of rotatable bonds is 5. The SMILES string of the molecule is CCCCC(C)NC(=O)Nc1cccc(N)c1. The summed E-state index contributed by atoms with van der Waals surface area (Å²) in [5.41, 5.74) is 6.98. The maximum Gasteiger partial charge on any atom is 0.319 e. The van der Waals surface area contributed by atoms with Crippen LogP contribution in [0.5, 0.6) is 0 Å². The Morgan fingerprint density at radius 1 is 1.47 bits per heavy atom. The maximum atomic E-state index is 11.6. The van der Waals surface area contributed by atoms with Crippen LogP contribution in [-0.4, -0.2) is 12.1 Å². The molecule has 1 aromatic rings. The van der Waals surface area contributed by atoms with Gasteiger partial charge < -0.3 is 16.4 Å². The molecule has 0 radical (unpaired) electrons. The lowest BCUT2D eigenvalue weighted by Crippen LogP contribution is -2.36. The first kappa shape index (κ1) is 13.4. The minimum atomic E-state index is -0.181. The lowest BCUT2D eigenvalue weighted by molar-refractivity contribution is 0.248. The Balaban J connectivity index is 2.39. The van der Waals surface area contributed by atoms with E-state index in [1.54, 1.807) is 12.1 Å². The fraction of sp³-hybridized carbons (Fsp3) is 0.462. The highest BCUT2D eigenvalue weighted by molar-refractivity contribution is 5.89. The zero-order valence-electron chi connectivity index (χ0n) is 10.5. The van der Waals surface area contributed by atoms with E-state index in [-0.39, 0.29) is 12.1 Å². The van der Waals surface area contributed by atoms with Crippen molar-refractivity contribution in [3.63, 3.8) is 0 Å². The molecule has 1 rings (SSSR count). The summed E-state index contributed by atoms with van der Waals surface area (Å²) in [7, 11) is 0. The van der Waals surface area contributed by atoms with Crippen molar-refractivity contribution in [2.75, 3.05) is 11.1 Å². The van der Waals surface area contributed by atoms with Gasteiger partial charge in [-0.15, -0.1) is 0 Å². The van der Waals surface area contributed by atoms with Crippen molar-refractivity contribution >= 4 is 17.4 Å². The van der Waals surface area contributed by atoms with E-state index in [9.17, 15) is 4.79 Å². The topological polar surface area (TPSA) is 67.2 Å². The molecular formula is C13H21N3O. The number of hydrogen-bond donors (Lipinski definition) is 3. The number of nitrogens with two attached hydrogens (primary N) is 1. The van der Waals surface area contributed by atoms with E-state index in [0.717, 1.165) is 19.3 Å². The monoisotopic (exact) mass is 235 g/mol. The predicted molar refractivity (Wildman–Crippen MR) is 72.0 cm³/mol. The quantitative estimate of drug-likeness (QED) is 0.687. The van der Waals surface area contributed by atoms with E-state index in [2.05, 4.69) is 17.6 Å². The standard InChI is InChI=1S/C13H21N3O/c1-3-4-6-10(2)15-13(17)16-12-8-5-7-11(14)9-12/h5,7-10H,3-4,6,14H2,1-2H3,(H2,15,16,17). The number of hydrogen-bond acceptors (Lipinski definition) is 2. The Hall–Kier alpha value is -1.71. The second-order valence-corrected chi connectivity index (χ2v) is 4.27. The number of amides is 2. The van der Waals surface area contributed by atoms with Crippen molar-refractivity contribution in [1.29, 1.82) is 0 Å². The van der Waals surface area contributed by atoms with Gasteiger partial charge in [0.25, 0.3) is 0 Å². The van der Waals surface area contributed by atoms with Gasteiger partial charge in [0.15, 0.2) is 0 Å². The molecular weight excluding hydrogens is 214 g/mol. The number of nitrogens with one attached hydrogen (secondary N) is 2. The molecule has 0 spiro atoms. The summed E-state index contributed by atoms with van der Waals surface area (Å²) in [5, 5.41) is 5.65. The highest BCUT2D eigenvalue weighted by atomic mass is 16.2. The fourth-order valence-corrected chi connectivity index (χ4v) is 1.59. The molecule has 4 heteroatoms. The van der Waals surface area contributed by atoms with Gasteiger partial charge in [-0.3, -0.25) is 0 Å². The first-order chi connectivity index (χ1) is 8.11. The number of urea groups is 1. The molecule has 1 aromatic carbocycles. The van der Waals surface area contributed by atoms with Crippen LogP contribution in [0, 0.1) is 0 Å². The maximum absolute atomic E-state index is 11.6. The Labute approximate surface area is 103 Å². The minimum Gasteiger partial charge on any atom is -0.399 e. The Morgan fingerprint density at radius 2 is 2.24 bits per heavy atom. The van der Waals surface area contributed by atoms with Crippen LogP contribution in [0.15, 0.2) is 24.3 Å². The average molecular weight is 235 g/mol. The van der Waals surface area contributed by atoms with Crippen LogP contribution in [0.1, 0.15) is 33.1 Å². The number of benzene rings is 1. The highest BCUT2D eigenvalue weighted by Crippen LogP contribution is 2.11. The predicted octanol–water partition coefficient (Wildman–Crippen LogP) is 2.97. The molecule has 0 fully saturated rings. The summed E-state index contributed by atoms with van der Waals surface area (Å²) in [5.74, 6) is 0. The number of carbonyl (C=O) groups is 1. The molecule has 0 heterocycles. The molecule has 1 unspecified atom stereocenters. The van der Waals surface area contributed by atoms with Crippen molar-refractivity contribution in [3.05, 3.63) is 24.3 Å². The summed E-state index contributed by atoms with van der Waals surface area (Å²) < 4.78 is 0. The molecule has 0 aliphatic rings. The van der Waals surface area contributed by atoms with Gasteiger partial charge in [-0.2, -0.15) is 0 Å². The Bertz CT molecular complexity index is 365. The fourth-order valence-electron chi connectivity index (χ4n) is 1.59. The summed E-state index contributed by atoms with van der Waals surface area (Å²) in [6.07, 6.45) is 3.27. The van der Waals surface area contributed by atoms with Crippen LogP contribution < -0.4 is 16.4 Å². The van der Waals surface area contributed by atoms with Crippen molar-refractivity contribution in [3.8, 4) is 0 Å². The van der Waals surface area contributed by atoms with Crippen LogP contribution >= 0.6 is 0 Å². The Kier molecular flexibility index (Phi) is 5.33. The van der Waals surface area contributed by atoms with E-state index in [1.165, 1.54) is 0 Å². The smallest absolute Gasteiger partial charge is 0.319 e. The molecule has 0 aromatic heterocycles. The van der Waals surface area contributed by atoms with Crippen LogP contribution in [0.3, 0.4) is 0 Å². The molecule has 4 nitrogen and oxygen atoms in total. The second-order valence-electron chi connectivity index (χ2n) is 4.27. The molecule has 0 saturated carbocycles. The zero-order chi connectivity index (χ0) is 12.7. The van der Waals surface area contributed by atoms with Gasteiger partial charge in [-0.25, -0.2) is 4.79 Å². The van der Waals surface area contributed by atoms with Gasteiger partial charge in [0, 0.05) is 17.4 Å². The number of nitrogen functional groups attached to an aromatic ring is 1.